The number of anilines is 1. The molecule has 10 nitrogen and oxygen atoms in total. The number of fused-ring (bicyclic) bond motifs is 1. The molecule has 0 spiro atoms. The fourth-order valence-corrected chi connectivity index (χ4v) is 4.07. The highest BCUT2D eigenvalue weighted by Crippen LogP contribution is 2.27. The number of hydrogen-bond donors (Lipinski definition) is 1. The molecule has 190 valence electrons. The summed E-state index contributed by atoms with van der Waals surface area (Å²) in [5.41, 5.74) is 3.96. The van der Waals surface area contributed by atoms with Crippen molar-refractivity contribution < 1.29 is 14.3 Å². The maximum Gasteiger partial charge on any atom is 0.410 e. The predicted molar refractivity (Wildman–Crippen MR) is 140 cm³/mol. The van der Waals surface area contributed by atoms with Gasteiger partial charge in [0.05, 0.1) is 17.6 Å². The van der Waals surface area contributed by atoms with Crippen LogP contribution in [0.4, 0.5) is 10.6 Å². The average Bonchev–Trinajstić information content (AvgIpc) is 3.48. The Morgan fingerprint density at radius 3 is 2.62 bits per heavy atom. The fraction of sp³-hybridized carbons (Fsp3) is 0.296. The number of carbonyl (C=O) groups excluding carboxylic acids is 2. The molecule has 4 aromatic rings. The van der Waals surface area contributed by atoms with E-state index in [9.17, 15) is 9.59 Å². The molecule has 5 rings (SSSR count). The molecule has 37 heavy (non-hydrogen) atoms. The molecular weight excluding hydrogens is 470 g/mol. The highest BCUT2D eigenvalue weighted by Gasteiger charge is 2.25. The van der Waals surface area contributed by atoms with Crippen LogP contribution >= 0.6 is 0 Å². The number of carbonyl (C=O) groups is 2. The van der Waals surface area contributed by atoms with E-state index in [1.54, 1.807) is 32.6 Å². The molecule has 3 aromatic heterocycles. The van der Waals surface area contributed by atoms with Gasteiger partial charge in [0.1, 0.15) is 17.0 Å². The smallest absolute Gasteiger partial charge is 0.410 e. The van der Waals surface area contributed by atoms with E-state index in [4.69, 9.17) is 9.84 Å². The Morgan fingerprint density at radius 1 is 1.14 bits per heavy atom. The van der Waals surface area contributed by atoms with Gasteiger partial charge in [-0.15, -0.1) is 0 Å². The van der Waals surface area contributed by atoms with Crippen LogP contribution < -0.4 is 5.32 Å². The first-order valence-corrected chi connectivity index (χ1v) is 12.1. The molecule has 10 heteroatoms. The molecule has 1 N–H and O–H groups in total. The number of amides is 2. The summed E-state index contributed by atoms with van der Waals surface area (Å²) >= 11 is 0. The Kier molecular flexibility index (Phi) is 6.24. The van der Waals surface area contributed by atoms with Crippen molar-refractivity contribution in [2.75, 3.05) is 18.4 Å². The molecule has 1 aromatic carbocycles. The van der Waals surface area contributed by atoms with Gasteiger partial charge in [0.2, 0.25) is 0 Å². The van der Waals surface area contributed by atoms with E-state index < -0.39 is 5.60 Å². The van der Waals surface area contributed by atoms with Crippen molar-refractivity contribution in [3.05, 3.63) is 77.9 Å². The molecule has 0 saturated heterocycles. The lowest BCUT2D eigenvalue weighted by Gasteiger charge is -2.29. The maximum absolute atomic E-state index is 13.2. The van der Waals surface area contributed by atoms with Crippen LogP contribution in [0.5, 0.6) is 0 Å². The second kappa shape index (κ2) is 9.53. The van der Waals surface area contributed by atoms with E-state index in [1.165, 1.54) is 6.20 Å². The Morgan fingerprint density at radius 2 is 1.92 bits per heavy atom. The van der Waals surface area contributed by atoms with Gasteiger partial charge in [-0.2, -0.15) is 10.2 Å². The van der Waals surface area contributed by atoms with Crippen molar-refractivity contribution in [1.29, 1.82) is 0 Å². The topological polar surface area (TPSA) is 107 Å². The third-order valence-corrected chi connectivity index (χ3v) is 5.94. The summed E-state index contributed by atoms with van der Waals surface area (Å²) in [5.74, 6) is 0.192. The number of rotatable bonds is 4. The number of benzene rings is 1. The summed E-state index contributed by atoms with van der Waals surface area (Å²) in [6.45, 7) is 8.53. The molecule has 1 aliphatic heterocycles. The van der Waals surface area contributed by atoms with Gasteiger partial charge in [0.15, 0.2) is 5.65 Å². The zero-order valence-electron chi connectivity index (χ0n) is 21.3. The van der Waals surface area contributed by atoms with Gasteiger partial charge in [0.25, 0.3) is 5.91 Å². The van der Waals surface area contributed by atoms with Gasteiger partial charge in [-0.25, -0.2) is 19.0 Å². The molecular formula is C27H29N7O3. The Bertz CT molecular complexity index is 1490. The third kappa shape index (κ3) is 5.23. The Hall–Kier alpha value is -4.47. The average molecular weight is 500 g/mol. The normalized spacial score (nSPS) is 13.9. The molecule has 0 unspecified atom stereocenters. The van der Waals surface area contributed by atoms with Crippen LogP contribution in [0.25, 0.3) is 16.9 Å². The summed E-state index contributed by atoms with van der Waals surface area (Å²) < 4.78 is 8.77. The van der Waals surface area contributed by atoms with Gasteiger partial charge in [-0.3, -0.25) is 4.79 Å². The summed E-state index contributed by atoms with van der Waals surface area (Å²) in [5, 5.41) is 12.0. The number of aromatic nitrogens is 5. The van der Waals surface area contributed by atoms with Gasteiger partial charge in [-0.05, 0) is 57.9 Å². The maximum atomic E-state index is 13.2. The van der Waals surface area contributed by atoms with Crippen LogP contribution in [0.2, 0.25) is 0 Å². The minimum atomic E-state index is -0.544. The van der Waals surface area contributed by atoms with Crippen LogP contribution in [0.1, 0.15) is 48.8 Å². The lowest BCUT2D eigenvalue weighted by Crippen LogP contribution is -2.39. The zero-order valence-corrected chi connectivity index (χ0v) is 21.3. The SMILES string of the molecule is Cc1ccc(-n2nc(C3=CCN(C(=O)OC(C)(C)C)CC3)cc2NC(=O)c2cnn3cccnc23)cc1. The van der Waals surface area contributed by atoms with Crippen molar-refractivity contribution in [1.82, 2.24) is 29.3 Å². The highest BCUT2D eigenvalue weighted by molar-refractivity contribution is 6.08. The van der Waals surface area contributed by atoms with Crippen molar-refractivity contribution in [2.24, 2.45) is 0 Å². The lowest BCUT2D eigenvalue weighted by molar-refractivity contribution is 0.0270. The van der Waals surface area contributed by atoms with Crippen molar-refractivity contribution in [3.8, 4) is 5.69 Å². The standard InChI is InChI=1S/C27H29N7O3/c1-18-6-8-20(9-7-18)34-23(30-25(35)21-17-29-33-13-5-12-28-24(21)33)16-22(31-34)19-10-14-32(15-11-19)26(36)37-27(2,3)4/h5-10,12-13,16-17H,11,14-15H2,1-4H3,(H,30,35). The lowest BCUT2D eigenvalue weighted by atomic mass is 10.1. The molecule has 0 aliphatic carbocycles. The highest BCUT2D eigenvalue weighted by atomic mass is 16.6. The summed E-state index contributed by atoms with van der Waals surface area (Å²) in [7, 11) is 0. The van der Waals surface area contributed by atoms with Crippen molar-refractivity contribution in [2.45, 2.75) is 39.7 Å². The zero-order chi connectivity index (χ0) is 26.2. The van der Waals surface area contributed by atoms with Gasteiger partial charge in [0, 0.05) is 31.5 Å². The molecule has 1 aliphatic rings. The molecule has 0 bridgehead atoms. The molecule has 4 heterocycles. The number of ether oxygens (including phenoxy) is 1. The first-order chi connectivity index (χ1) is 17.7. The Labute approximate surface area is 214 Å². The number of nitrogens with one attached hydrogen (secondary N) is 1. The molecule has 0 radical (unpaired) electrons. The minimum Gasteiger partial charge on any atom is -0.444 e. The van der Waals surface area contributed by atoms with E-state index in [-0.39, 0.29) is 12.0 Å². The Balaban J connectivity index is 1.43. The number of hydrogen-bond acceptors (Lipinski definition) is 6. The third-order valence-electron chi connectivity index (χ3n) is 5.94. The second-order valence-electron chi connectivity index (χ2n) is 9.97. The predicted octanol–water partition coefficient (Wildman–Crippen LogP) is 4.50. The molecule has 2 amide bonds. The van der Waals surface area contributed by atoms with Crippen molar-refractivity contribution >= 4 is 29.0 Å². The summed E-state index contributed by atoms with van der Waals surface area (Å²) in [4.78, 5) is 31.6. The van der Waals surface area contributed by atoms with E-state index in [0.717, 1.165) is 22.5 Å². The van der Waals surface area contributed by atoms with E-state index >= 15 is 0 Å². The summed E-state index contributed by atoms with van der Waals surface area (Å²) in [6, 6.07) is 11.5. The summed E-state index contributed by atoms with van der Waals surface area (Å²) in [6.07, 6.45) is 7.14. The van der Waals surface area contributed by atoms with Gasteiger partial charge >= 0.3 is 6.09 Å². The fourth-order valence-electron chi connectivity index (χ4n) is 4.07. The second-order valence-corrected chi connectivity index (χ2v) is 9.97. The minimum absolute atomic E-state index is 0.331. The van der Waals surface area contributed by atoms with Crippen LogP contribution in [0.3, 0.4) is 0 Å². The number of aryl methyl sites for hydroxylation is 1. The largest absolute Gasteiger partial charge is 0.444 e. The molecule has 0 saturated carbocycles. The van der Waals surface area contributed by atoms with Crippen molar-refractivity contribution in [3.63, 3.8) is 0 Å². The van der Waals surface area contributed by atoms with Crippen LogP contribution in [0, 0.1) is 6.92 Å². The molecule has 0 fully saturated rings. The van der Waals surface area contributed by atoms with E-state index in [1.807, 2.05) is 64.1 Å². The first kappa shape index (κ1) is 24.2. The van der Waals surface area contributed by atoms with Crippen LogP contribution in [0.15, 0.2) is 61.1 Å². The van der Waals surface area contributed by atoms with Crippen LogP contribution in [-0.4, -0.2) is 60.0 Å². The first-order valence-electron chi connectivity index (χ1n) is 12.1. The molecule has 0 atom stereocenters. The van der Waals surface area contributed by atoms with E-state index in [0.29, 0.717) is 36.5 Å². The van der Waals surface area contributed by atoms with Crippen LogP contribution in [-0.2, 0) is 4.74 Å². The van der Waals surface area contributed by atoms with Gasteiger partial charge < -0.3 is 15.0 Å². The quantitative estimate of drug-likeness (QED) is 0.443. The number of nitrogens with zero attached hydrogens (tertiary/aromatic N) is 6. The van der Waals surface area contributed by atoms with E-state index in [2.05, 4.69) is 15.4 Å². The van der Waals surface area contributed by atoms with Gasteiger partial charge in [-0.1, -0.05) is 23.8 Å². The monoisotopic (exact) mass is 499 g/mol.